The number of amides is 1. The standard InChI is InChI=1S/C24H23FN2O3/c1-16-12-19(14-26-27-24(28)20-6-10-22(29-3)11-7-20)13-17(2)23(16)30-15-18-4-8-21(25)9-5-18/h4-14H,15H2,1-3H3,(H,27,28)/b26-14-. The monoisotopic (exact) mass is 406 g/mol. The van der Waals surface area contributed by atoms with Crippen molar-refractivity contribution in [1.82, 2.24) is 5.43 Å². The van der Waals surface area contributed by atoms with Gasteiger partial charge in [-0.2, -0.15) is 5.10 Å². The predicted molar refractivity (Wildman–Crippen MR) is 115 cm³/mol. The van der Waals surface area contributed by atoms with Crippen LogP contribution in [-0.2, 0) is 6.61 Å². The second-order valence-electron chi connectivity index (χ2n) is 6.83. The van der Waals surface area contributed by atoms with E-state index < -0.39 is 0 Å². The molecule has 0 spiro atoms. The van der Waals surface area contributed by atoms with E-state index in [2.05, 4.69) is 10.5 Å². The minimum atomic E-state index is -0.304. The van der Waals surface area contributed by atoms with Gasteiger partial charge in [-0.15, -0.1) is 0 Å². The van der Waals surface area contributed by atoms with Crippen molar-refractivity contribution in [3.63, 3.8) is 0 Å². The third kappa shape index (κ3) is 5.44. The van der Waals surface area contributed by atoms with E-state index in [-0.39, 0.29) is 11.7 Å². The molecule has 0 aliphatic heterocycles. The summed E-state index contributed by atoms with van der Waals surface area (Å²) in [6.07, 6.45) is 1.59. The smallest absolute Gasteiger partial charge is 0.271 e. The number of hydrogen-bond acceptors (Lipinski definition) is 4. The zero-order chi connectivity index (χ0) is 21.5. The number of carbonyl (C=O) groups excluding carboxylic acids is 1. The Labute approximate surface area is 175 Å². The van der Waals surface area contributed by atoms with E-state index in [0.29, 0.717) is 17.9 Å². The van der Waals surface area contributed by atoms with Gasteiger partial charge in [-0.25, -0.2) is 9.82 Å². The lowest BCUT2D eigenvalue weighted by Gasteiger charge is -2.13. The summed E-state index contributed by atoms with van der Waals surface area (Å²) in [5.74, 6) is 0.886. The van der Waals surface area contributed by atoms with Crippen LogP contribution in [0, 0.1) is 19.7 Å². The van der Waals surface area contributed by atoms with Crippen molar-refractivity contribution < 1.29 is 18.7 Å². The Morgan fingerprint density at radius 3 is 2.27 bits per heavy atom. The molecule has 0 fully saturated rings. The summed E-state index contributed by atoms with van der Waals surface area (Å²) in [7, 11) is 1.57. The summed E-state index contributed by atoms with van der Waals surface area (Å²) in [6.45, 7) is 4.24. The number of hydrazone groups is 1. The van der Waals surface area contributed by atoms with E-state index in [0.717, 1.165) is 28.0 Å². The Morgan fingerprint density at radius 1 is 1.03 bits per heavy atom. The third-order valence-electron chi connectivity index (χ3n) is 4.51. The third-order valence-corrected chi connectivity index (χ3v) is 4.51. The SMILES string of the molecule is COc1ccc(C(=O)N/N=C\c2cc(C)c(OCc3ccc(F)cc3)c(C)c2)cc1. The van der Waals surface area contributed by atoms with Crippen molar-refractivity contribution in [2.24, 2.45) is 5.10 Å². The molecule has 0 unspecified atom stereocenters. The van der Waals surface area contributed by atoms with Crippen LogP contribution >= 0.6 is 0 Å². The van der Waals surface area contributed by atoms with Gasteiger partial charge in [0.25, 0.3) is 5.91 Å². The second kappa shape index (κ2) is 9.69. The lowest BCUT2D eigenvalue weighted by Crippen LogP contribution is -2.17. The molecule has 1 amide bonds. The predicted octanol–water partition coefficient (Wildman–Crippen LogP) is 4.79. The number of ether oxygens (including phenoxy) is 2. The summed E-state index contributed by atoms with van der Waals surface area (Å²) in [6, 6.07) is 16.9. The summed E-state index contributed by atoms with van der Waals surface area (Å²) in [5, 5.41) is 4.04. The Balaban J connectivity index is 1.62. The zero-order valence-corrected chi connectivity index (χ0v) is 17.1. The number of methoxy groups -OCH3 is 1. The molecule has 1 N–H and O–H groups in total. The van der Waals surface area contributed by atoms with Crippen LogP contribution in [0.5, 0.6) is 11.5 Å². The van der Waals surface area contributed by atoms with Gasteiger partial charge in [-0.05, 0) is 84.6 Å². The lowest BCUT2D eigenvalue weighted by molar-refractivity contribution is 0.0955. The molecular formula is C24H23FN2O3. The fourth-order valence-electron chi connectivity index (χ4n) is 2.99. The minimum Gasteiger partial charge on any atom is -0.497 e. The summed E-state index contributed by atoms with van der Waals surface area (Å²) >= 11 is 0. The number of benzene rings is 3. The number of hydrogen-bond donors (Lipinski definition) is 1. The van der Waals surface area contributed by atoms with E-state index in [1.165, 1.54) is 12.1 Å². The quantitative estimate of drug-likeness (QED) is 0.453. The number of carbonyl (C=O) groups is 1. The molecule has 5 nitrogen and oxygen atoms in total. The van der Waals surface area contributed by atoms with Gasteiger partial charge >= 0.3 is 0 Å². The van der Waals surface area contributed by atoms with Crippen LogP contribution in [0.3, 0.4) is 0 Å². The van der Waals surface area contributed by atoms with Gasteiger partial charge in [0.2, 0.25) is 0 Å². The van der Waals surface area contributed by atoms with Crippen LogP contribution in [0.2, 0.25) is 0 Å². The van der Waals surface area contributed by atoms with Crippen molar-refractivity contribution in [2.75, 3.05) is 7.11 Å². The first-order chi connectivity index (χ1) is 14.5. The molecule has 0 bridgehead atoms. The van der Waals surface area contributed by atoms with Gasteiger partial charge < -0.3 is 9.47 Å². The van der Waals surface area contributed by atoms with Crippen molar-refractivity contribution in [3.8, 4) is 11.5 Å². The average Bonchev–Trinajstić information content (AvgIpc) is 2.74. The molecule has 3 rings (SSSR count). The molecule has 6 heteroatoms. The highest BCUT2D eigenvalue weighted by Crippen LogP contribution is 2.25. The fraction of sp³-hybridized carbons (Fsp3) is 0.167. The van der Waals surface area contributed by atoms with Crippen molar-refractivity contribution in [3.05, 3.63) is 94.3 Å². The Bertz CT molecular complexity index is 1020. The molecular weight excluding hydrogens is 383 g/mol. The normalized spacial score (nSPS) is 10.8. The maximum atomic E-state index is 13.0. The first-order valence-electron chi connectivity index (χ1n) is 9.42. The highest BCUT2D eigenvalue weighted by atomic mass is 19.1. The van der Waals surface area contributed by atoms with Crippen molar-refractivity contribution >= 4 is 12.1 Å². The lowest BCUT2D eigenvalue weighted by atomic mass is 10.1. The van der Waals surface area contributed by atoms with Crippen LogP contribution in [0.15, 0.2) is 65.8 Å². The molecule has 0 aliphatic rings. The van der Waals surface area contributed by atoms with E-state index in [4.69, 9.17) is 9.47 Å². The molecule has 154 valence electrons. The first kappa shape index (κ1) is 21.0. The number of aryl methyl sites for hydroxylation is 2. The number of rotatable bonds is 7. The number of halogens is 1. The molecule has 0 saturated heterocycles. The molecule has 0 saturated carbocycles. The maximum absolute atomic E-state index is 13.0. The average molecular weight is 406 g/mol. The molecule has 0 aliphatic carbocycles. The van der Waals surface area contributed by atoms with Crippen LogP contribution in [0.25, 0.3) is 0 Å². The summed E-state index contributed by atoms with van der Waals surface area (Å²) in [5.41, 5.74) is 6.63. The topological polar surface area (TPSA) is 59.9 Å². The summed E-state index contributed by atoms with van der Waals surface area (Å²) < 4.78 is 24.0. The maximum Gasteiger partial charge on any atom is 0.271 e. The van der Waals surface area contributed by atoms with Gasteiger partial charge in [-0.1, -0.05) is 12.1 Å². The van der Waals surface area contributed by atoms with Gasteiger partial charge in [0, 0.05) is 5.56 Å². The zero-order valence-electron chi connectivity index (χ0n) is 17.1. The largest absolute Gasteiger partial charge is 0.497 e. The Hall–Kier alpha value is -3.67. The van der Waals surface area contributed by atoms with Crippen LogP contribution in [0.4, 0.5) is 4.39 Å². The van der Waals surface area contributed by atoms with Gasteiger partial charge in [-0.3, -0.25) is 4.79 Å². The molecule has 3 aromatic rings. The van der Waals surface area contributed by atoms with Crippen molar-refractivity contribution in [2.45, 2.75) is 20.5 Å². The van der Waals surface area contributed by atoms with E-state index in [9.17, 15) is 9.18 Å². The fourth-order valence-corrected chi connectivity index (χ4v) is 2.99. The number of nitrogens with one attached hydrogen (secondary N) is 1. The molecule has 0 heterocycles. The highest BCUT2D eigenvalue weighted by molar-refractivity contribution is 5.95. The second-order valence-corrected chi connectivity index (χ2v) is 6.83. The Kier molecular flexibility index (Phi) is 6.80. The van der Waals surface area contributed by atoms with Gasteiger partial charge in [0.1, 0.15) is 23.9 Å². The van der Waals surface area contributed by atoms with E-state index in [1.807, 2.05) is 26.0 Å². The highest BCUT2D eigenvalue weighted by Gasteiger charge is 2.07. The summed E-state index contributed by atoms with van der Waals surface area (Å²) in [4.78, 5) is 12.2. The molecule has 0 atom stereocenters. The number of nitrogens with zero attached hydrogens (tertiary/aromatic N) is 1. The van der Waals surface area contributed by atoms with Gasteiger partial charge in [0.15, 0.2) is 0 Å². The van der Waals surface area contributed by atoms with Crippen LogP contribution in [-0.4, -0.2) is 19.2 Å². The van der Waals surface area contributed by atoms with E-state index >= 15 is 0 Å². The molecule has 0 aromatic heterocycles. The van der Waals surface area contributed by atoms with E-state index in [1.54, 1.807) is 49.7 Å². The molecule has 3 aromatic carbocycles. The molecule has 0 radical (unpaired) electrons. The van der Waals surface area contributed by atoms with Crippen molar-refractivity contribution in [1.29, 1.82) is 0 Å². The van der Waals surface area contributed by atoms with Crippen LogP contribution < -0.4 is 14.9 Å². The van der Waals surface area contributed by atoms with Gasteiger partial charge in [0.05, 0.1) is 13.3 Å². The van der Waals surface area contributed by atoms with Crippen LogP contribution in [0.1, 0.15) is 32.6 Å². The first-order valence-corrected chi connectivity index (χ1v) is 9.42. The minimum absolute atomic E-state index is 0.270. The molecule has 30 heavy (non-hydrogen) atoms. The Morgan fingerprint density at radius 2 is 1.67 bits per heavy atom.